The molecule has 1 aliphatic rings. The van der Waals surface area contributed by atoms with E-state index in [1.165, 1.54) is 0 Å². The number of carboxylic acids is 1. The number of furan rings is 1. The van der Waals surface area contributed by atoms with Gasteiger partial charge in [0, 0.05) is 5.69 Å². The molecule has 1 aliphatic heterocycles. The Morgan fingerprint density at radius 1 is 1.11 bits per heavy atom. The van der Waals surface area contributed by atoms with Gasteiger partial charge in [0.25, 0.3) is 5.91 Å². The number of aliphatic carboxylic acids is 1. The van der Waals surface area contributed by atoms with Crippen LogP contribution in [0.5, 0.6) is 5.75 Å². The second-order valence-electron chi connectivity index (χ2n) is 6.33. The molecule has 28 heavy (non-hydrogen) atoms. The number of nitrogens with one attached hydrogen (secondary N) is 1. The summed E-state index contributed by atoms with van der Waals surface area (Å²) >= 11 is 0. The van der Waals surface area contributed by atoms with Crippen molar-refractivity contribution in [1.29, 1.82) is 0 Å². The Morgan fingerprint density at radius 2 is 1.89 bits per heavy atom. The molecule has 0 fully saturated rings. The normalized spacial score (nSPS) is 15.6. The average molecular weight is 377 g/mol. The van der Waals surface area contributed by atoms with Crippen LogP contribution in [0, 0.1) is 0 Å². The first-order valence-corrected chi connectivity index (χ1v) is 8.73. The topological polar surface area (TPSA) is 94.8 Å². The number of carbonyl (C=O) groups excluding carboxylic acids is 2. The Labute approximate surface area is 161 Å². The molecule has 0 aliphatic carbocycles. The first-order valence-electron chi connectivity index (χ1n) is 8.73. The molecule has 7 nitrogen and oxygen atoms in total. The number of amides is 1. The number of benzene rings is 2. The largest absolute Gasteiger partial charge is 0.546 e. The molecule has 142 valence electrons. The third-order valence-electron chi connectivity index (χ3n) is 4.48. The molecule has 0 spiro atoms. The van der Waals surface area contributed by atoms with Crippen molar-refractivity contribution in [1.82, 2.24) is 4.90 Å². The minimum atomic E-state index is -1.29. The molecule has 0 unspecified atom stereocenters. The van der Waals surface area contributed by atoms with Gasteiger partial charge in [0.1, 0.15) is 24.3 Å². The Balaban J connectivity index is 1.64. The third-order valence-corrected chi connectivity index (χ3v) is 4.48. The van der Waals surface area contributed by atoms with E-state index >= 15 is 0 Å². The number of anilines is 1. The molecule has 1 atom stereocenters. The summed E-state index contributed by atoms with van der Waals surface area (Å²) in [4.78, 5) is 25.3. The summed E-state index contributed by atoms with van der Waals surface area (Å²) < 4.78 is 10.5. The van der Waals surface area contributed by atoms with Crippen LogP contribution in [0.2, 0.25) is 0 Å². The van der Waals surface area contributed by atoms with E-state index in [4.69, 9.17) is 9.15 Å². The van der Waals surface area contributed by atoms with Gasteiger partial charge in [-0.15, -0.1) is 0 Å². The second kappa shape index (κ2) is 7.48. The number of hydrogen-bond donors (Lipinski definition) is 1. The van der Waals surface area contributed by atoms with Gasteiger partial charge in [-0.1, -0.05) is 24.3 Å². The maximum absolute atomic E-state index is 13.1. The lowest BCUT2D eigenvalue weighted by Gasteiger charge is -2.37. The van der Waals surface area contributed by atoms with Gasteiger partial charge >= 0.3 is 0 Å². The standard InChI is InChI=1S/C21H18N2O5/c24-19(25)13-28-15-9-7-14(8-10-15)20-22-18-6-2-1-5-17(18)21(26)23(20)12-16-4-3-11-27-16/h1-11,20,22H,12-13H2,(H,24,25)/p-1/t20-/m1/s1. The Morgan fingerprint density at radius 3 is 2.61 bits per heavy atom. The molecular formula is C21H17N2O5-. The molecule has 4 rings (SSSR count). The van der Waals surface area contributed by atoms with E-state index in [1.54, 1.807) is 47.6 Å². The highest BCUT2D eigenvalue weighted by atomic mass is 16.5. The summed E-state index contributed by atoms with van der Waals surface area (Å²) in [6, 6.07) is 17.9. The monoisotopic (exact) mass is 377 g/mol. The molecule has 0 saturated heterocycles. The van der Waals surface area contributed by atoms with Crippen LogP contribution in [0.4, 0.5) is 5.69 Å². The summed E-state index contributed by atoms with van der Waals surface area (Å²) in [5, 5.41) is 13.9. The highest BCUT2D eigenvalue weighted by molar-refractivity contribution is 6.01. The van der Waals surface area contributed by atoms with Crippen molar-refractivity contribution in [3.63, 3.8) is 0 Å². The molecule has 1 aromatic heterocycles. The Bertz CT molecular complexity index is 982. The summed E-state index contributed by atoms with van der Waals surface area (Å²) in [5.74, 6) is -0.306. The maximum atomic E-state index is 13.1. The number of carbonyl (C=O) groups is 2. The summed E-state index contributed by atoms with van der Waals surface area (Å²) in [7, 11) is 0. The van der Waals surface area contributed by atoms with Crippen LogP contribution in [0.3, 0.4) is 0 Å². The van der Waals surface area contributed by atoms with Gasteiger partial charge in [-0.05, 0) is 42.0 Å². The molecule has 1 amide bonds. The minimum absolute atomic E-state index is 0.104. The van der Waals surface area contributed by atoms with E-state index in [-0.39, 0.29) is 5.91 Å². The summed E-state index contributed by atoms with van der Waals surface area (Å²) in [6.45, 7) is -0.210. The van der Waals surface area contributed by atoms with Gasteiger partial charge < -0.3 is 29.3 Å². The van der Waals surface area contributed by atoms with Crippen molar-refractivity contribution in [2.75, 3.05) is 11.9 Å². The van der Waals surface area contributed by atoms with Crippen LogP contribution in [-0.4, -0.2) is 23.4 Å². The maximum Gasteiger partial charge on any atom is 0.258 e. The van der Waals surface area contributed by atoms with Gasteiger partial charge in [-0.25, -0.2) is 0 Å². The van der Waals surface area contributed by atoms with Crippen molar-refractivity contribution >= 4 is 17.6 Å². The van der Waals surface area contributed by atoms with E-state index in [0.717, 1.165) is 11.3 Å². The van der Waals surface area contributed by atoms with Gasteiger partial charge in [0.05, 0.1) is 24.3 Å². The van der Waals surface area contributed by atoms with Crippen LogP contribution in [-0.2, 0) is 11.3 Å². The number of nitrogens with zero attached hydrogens (tertiary/aromatic N) is 1. The zero-order valence-corrected chi connectivity index (χ0v) is 14.8. The van der Waals surface area contributed by atoms with Crippen molar-refractivity contribution < 1.29 is 23.8 Å². The lowest BCUT2D eigenvalue weighted by molar-refractivity contribution is -0.307. The summed E-state index contributed by atoms with van der Waals surface area (Å²) in [6.07, 6.45) is 1.16. The molecule has 3 aromatic rings. The molecule has 2 heterocycles. The molecule has 0 saturated carbocycles. The van der Waals surface area contributed by atoms with Crippen molar-refractivity contribution in [3.05, 3.63) is 83.8 Å². The molecule has 2 aromatic carbocycles. The first-order chi connectivity index (χ1) is 13.6. The number of ether oxygens (including phenoxy) is 1. The number of rotatable bonds is 6. The van der Waals surface area contributed by atoms with E-state index in [2.05, 4.69) is 5.32 Å². The molecule has 1 N–H and O–H groups in total. The lowest BCUT2D eigenvalue weighted by atomic mass is 10.0. The minimum Gasteiger partial charge on any atom is -0.546 e. The average Bonchev–Trinajstić information content (AvgIpc) is 3.22. The highest BCUT2D eigenvalue weighted by Gasteiger charge is 2.33. The molecule has 7 heteroatoms. The quantitative estimate of drug-likeness (QED) is 0.707. The van der Waals surface area contributed by atoms with E-state index in [0.29, 0.717) is 23.6 Å². The van der Waals surface area contributed by atoms with Crippen LogP contribution < -0.4 is 15.2 Å². The van der Waals surface area contributed by atoms with Crippen molar-refractivity contribution in [2.24, 2.45) is 0 Å². The Kier molecular flexibility index (Phi) is 4.72. The lowest BCUT2D eigenvalue weighted by Crippen LogP contribution is -2.42. The van der Waals surface area contributed by atoms with Crippen LogP contribution in [0.25, 0.3) is 0 Å². The van der Waals surface area contributed by atoms with E-state index < -0.39 is 18.7 Å². The third kappa shape index (κ3) is 3.55. The van der Waals surface area contributed by atoms with Crippen molar-refractivity contribution in [3.8, 4) is 5.75 Å². The number of para-hydroxylation sites is 1. The van der Waals surface area contributed by atoms with Crippen molar-refractivity contribution in [2.45, 2.75) is 12.7 Å². The fourth-order valence-electron chi connectivity index (χ4n) is 3.18. The fraction of sp³-hybridized carbons (Fsp3) is 0.143. The van der Waals surface area contributed by atoms with Crippen LogP contribution in [0.15, 0.2) is 71.3 Å². The predicted octanol–water partition coefficient (Wildman–Crippen LogP) is 2.17. The fourth-order valence-corrected chi connectivity index (χ4v) is 3.18. The number of hydrogen-bond acceptors (Lipinski definition) is 6. The Hall–Kier alpha value is -3.74. The first kappa shape index (κ1) is 17.7. The predicted molar refractivity (Wildman–Crippen MR) is 98.3 cm³/mol. The smallest absolute Gasteiger partial charge is 0.258 e. The SMILES string of the molecule is O=C([O-])COc1ccc([C@@H]2Nc3ccccc3C(=O)N2Cc2ccco2)cc1. The van der Waals surface area contributed by atoms with Gasteiger partial charge in [-0.2, -0.15) is 0 Å². The zero-order chi connectivity index (χ0) is 19.5. The van der Waals surface area contributed by atoms with Gasteiger partial charge in [0.15, 0.2) is 0 Å². The number of carboxylic acid groups (broad SMARTS) is 1. The van der Waals surface area contributed by atoms with Crippen LogP contribution >= 0.6 is 0 Å². The van der Waals surface area contributed by atoms with E-state index in [9.17, 15) is 14.7 Å². The molecule has 0 bridgehead atoms. The van der Waals surface area contributed by atoms with Gasteiger partial charge in [0.2, 0.25) is 0 Å². The number of fused-ring (bicyclic) bond motifs is 1. The van der Waals surface area contributed by atoms with Crippen LogP contribution in [0.1, 0.15) is 27.8 Å². The zero-order valence-electron chi connectivity index (χ0n) is 14.8. The summed E-state index contributed by atoms with van der Waals surface area (Å²) in [5.41, 5.74) is 2.18. The molecular weight excluding hydrogens is 360 g/mol. The van der Waals surface area contributed by atoms with E-state index in [1.807, 2.05) is 24.3 Å². The second-order valence-corrected chi connectivity index (χ2v) is 6.33. The molecule has 0 radical (unpaired) electrons. The highest BCUT2D eigenvalue weighted by Crippen LogP contribution is 2.34. The van der Waals surface area contributed by atoms with Gasteiger partial charge in [-0.3, -0.25) is 4.79 Å².